The van der Waals surface area contributed by atoms with Gasteiger partial charge in [0.15, 0.2) is 21.3 Å². The zero-order valence-corrected chi connectivity index (χ0v) is 13.9. The van der Waals surface area contributed by atoms with Crippen LogP contribution in [0.3, 0.4) is 0 Å². The minimum Gasteiger partial charge on any atom is -0.480 e. The van der Waals surface area contributed by atoms with Crippen molar-refractivity contribution in [3.63, 3.8) is 0 Å². The molecule has 128 valence electrons. The Kier molecular flexibility index (Phi) is 3.54. The average Bonchev–Trinajstić information content (AvgIpc) is 2.66. The second-order valence-corrected chi connectivity index (χ2v) is 8.94. The van der Waals surface area contributed by atoms with Crippen molar-refractivity contribution in [1.29, 1.82) is 0 Å². The van der Waals surface area contributed by atoms with E-state index in [4.69, 9.17) is 5.73 Å². The molecule has 9 heteroatoms. The van der Waals surface area contributed by atoms with E-state index in [9.17, 15) is 23.1 Å². The first-order chi connectivity index (χ1) is 11.1. The van der Waals surface area contributed by atoms with E-state index in [0.717, 1.165) is 10.5 Å². The molecule has 3 heterocycles. The summed E-state index contributed by atoms with van der Waals surface area (Å²) in [6.07, 6.45) is 2.93. The van der Waals surface area contributed by atoms with Crippen LogP contribution in [0.25, 0.3) is 6.08 Å². The molecule has 0 aliphatic carbocycles. The number of carboxylic acid groups (broad SMARTS) is 1. The number of fused-ring (bicyclic) bond motifs is 1. The molecule has 2 aliphatic rings. The third-order valence-electron chi connectivity index (χ3n) is 4.58. The van der Waals surface area contributed by atoms with Crippen molar-refractivity contribution in [3.8, 4) is 0 Å². The van der Waals surface area contributed by atoms with E-state index in [-0.39, 0.29) is 5.57 Å². The lowest BCUT2D eigenvalue weighted by Gasteiger charge is -2.37. The van der Waals surface area contributed by atoms with Crippen LogP contribution in [0.2, 0.25) is 0 Å². The lowest BCUT2D eigenvalue weighted by Crippen LogP contribution is -2.58. The smallest absolute Gasteiger partial charge is 0.328 e. The van der Waals surface area contributed by atoms with Crippen LogP contribution in [0.15, 0.2) is 23.9 Å². The largest absolute Gasteiger partial charge is 0.480 e. The number of aromatic nitrogens is 1. The SMILES string of the molecule is CC1(C)[C@H](C(=O)O)N2C(=O)C(=Cc3ccc(CN)cn3)[C@H]2S1(=O)=O. The Bertz CT molecular complexity index is 858. The number of nitrogens with two attached hydrogens (primary N) is 1. The number of β-lactam (4-membered cyclic amide) rings is 1. The first kappa shape index (κ1) is 16.6. The van der Waals surface area contributed by atoms with Gasteiger partial charge in [0.25, 0.3) is 5.91 Å². The second kappa shape index (κ2) is 5.12. The van der Waals surface area contributed by atoms with Gasteiger partial charge in [0.2, 0.25) is 0 Å². The normalized spacial score (nSPS) is 28.5. The summed E-state index contributed by atoms with van der Waals surface area (Å²) < 4.78 is 23.8. The lowest BCUT2D eigenvalue weighted by molar-refractivity contribution is -0.152. The molecule has 0 radical (unpaired) electrons. The third kappa shape index (κ3) is 2.01. The highest BCUT2D eigenvalue weighted by Crippen LogP contribution is 2.48. The average molecular weight is 351 g/mol. The van der Waals surface area contributed by atoms with Crippen LogP contribution in [0.5, 0.6) is 0 Å². The highest BCUT2D eigenvalue weighted by atomic mass is 32.2. The van der Waals surface area contributed by atoms with Crippen molar-refractivity contribution in [2.75, 3.05) is 0 Å². The molecule has 8 nitrogen and oxygen atoms in total. The van der Waals surface area contributed by atoms with Crippen molar-refractivity contribution in [3.05, 3.63) is 35.2 Å². The van der Waals surface area contributed by atoms with E-state index >= 15 is 0 Å². The summed E-state index contributed by atoms with van der Waals surface area (Å²) >= 11 is 0. The fraction of sp³-hybridized carbons (Fsp3) is 0.400. The Morgan fingerprint density at radius 1 is 1.46 bits per heavy atom. The molecule has 0 spiro atoms. The van der Waals surface area contributed by atoms with Gasteiger partial charge in [-0.05, 0) is 31.6 Å². The monoisotopic (exact) mass is 351 g/mol. The van der Waals surface area contributed by atoms with E-state index < -0.39 is 37.9 Å². The van der Waals surface area contributed by atoms with E-state index in [1.54, 1.807) is 18.3 Å². The predicted octanol–water partition coefficient (Wildman–Crippen LogP) is -0.248. The maximum atomic E-state index is 12.7. The van der Waals surface area contributed by atoms with E-state index in [0.29, 0.717) is 12.2 Å². The van der Waals surface area contributed by atoms with Crippen LogP contribution < -0.4 is 5.73 Å². The van der Waals surface area contributed by atoms with Crippen LogP contribution in [0, 0.1) is 0 Å². The maximum Gasteiger partial charge on any atom is 0.328 e. The van der Waals surface area contributed by atoms with Gasteiger partial charge >= 0.3 is 5.97 Å². The Balaban J connectivity index is 2.04. The first-order valence-electron chi connectivity index (χ1n) is 7.28. The second-order valence-electron chi connectivity index (χ2n) is 6.35. The molecule has 1 aromatic rings. The van der Waals surface area contributed by atoms with Gasteiger partial charge in [0.1, 0.15) is 4.75 Å². The summed E-state index contributed by atoms with van der Waals surface area (Å²) in [5, 5.41) is 8.11. The summed E-state index contributed by atoms with van der Waals surface area (Å²) in [7, 11) is -3.87. The summed E-state index contributed by atoms with van der Waals surface area (Å²) in [4.78, 5) is 28.9. The third-order valence-corrected chi connectivity index (χ3v) is 7.34. The van der Waals surface area contributed by atoms with Crippen LogP contribution in [-0.2, 0) is 26.0 Å². The molecular weight excluding hydrogens is 334 g/mol. The number of hydrogen-bond acceptors (Lipinski definition) is 6. The van der Waals surface area contributed by atoms with Gasteiger partial charge in [0.05, 0.1) is 11.3 Å². The molecule has 0 unspecified atom stereocenters. The van der Waals surface area contributed by atoms with Crippen LogP contribution in [0.1, 0.15) is 25.1 Å². The van der Waals surface area contributed by atoms with Gasteiger partial charge in [-0.1, -0.05) is 6.07 Å². The number of sulfone groups is 1. The number of amides is 1. The zero-order chi connectivity index (χ0) is 17.9. The summed E-state index contributed by atoms with van der Waals surface area (Å²) in [5.74, 6) is -1.92. The fourth-order valence-electron chi connectivity index (χ4n) is 3.14. The molecule has 2 atom stereocenters. The molecule has 0 bridgehead atoms. The molecular formula is C15H17N3O5S. The van der Waals surface area contributed by atoms with Crippen LogP contribution >= 0.6 is 0 Å². The molecule has 3 rings (SSSR count). The van der Waals surface area contributed by atoms with Gasteiger partial charge in [-0.3, -0.25) is 9.78 Å². The Hall–Kier alpha value is -2.26. The van der Waals surface area contributed by atoms with E-state index in [2.05, 4.69) is 4.98 Å². The molecule has 2 saturated heterocycles. The molecule has 2 fully saturated rings. The maximum absolute atomic E-state index is 12.7. The minimum atomic E-state index is -3.87. The Morgan fingerprint density at radius 3 is 2.62 bits per heavy atom. The summed E-state index contributed by atoms with van der Waals surface area (Å²) in [5.41, 5.74) is 6.75. The van der Waals surface area contributed by atoms with Crippen molar-refractivity contribution in [1.82, 2.24) is 9.88 Å². The summed E-state index contributed by atoms with van der Waals surface area (Å²) in [6, 6.07) is 1.96. The molecule has 1 aromatic heterocycles. The molecule has 2 aliphatic heterocycles. The molecule has 0 saturated carbocycles. The Morgan fingerprint density at radius 2 is 2.12 bits per heavy atom. The van der Waals surface area contributed by atoms with Gasteiger partial charge in [-0.15, -0.1) is 0 Å². The number of carbonyl (C=O) groups excluding carboxylic acids is 1. The van der Waals surface area contributed by atoms with Crippen LogP contribution in [-0.4, -0.2) is 51.4 Å². The highest BCUT2D eigenvalue weighted by Gasteiger charge is 2.70. The van der Waals surface area contributed by atoms with Crippen molar-refractivity contribution >= 4 is 27.8 Å². The van der Waals surface area contributed by atoms with Gasteiger partial charge in [-0.2, -0.15) is 0 Å². The summed E-state index contributed by atoms with van der Waals surface area (Å²) in [6.45, 7) is 2.99. The lowest BCUT2D eigenvalue weighted by atomic mass is 9.95. The van der Waals surface area contributed by atoms with Crippen LogP contribution in [0.4, 0.5) is 0 Å². The number of rotatable bonds is 3. The van der Waals surface area contributed by atoms with E-state index in [1.165, 1.54) is 19.9 Å². The number of hydrogen-bond donors (Lipinski definition) is 2. The Labute approximate surface area is 138 Å². The van der Waals surface area contributed by atoms with Crippen molar-refractivity contribution < 1.29 is 23.1 Å². The topological polar surface area (TPSA) is 131 Å². The molecule has 1 amide bonds. The standard InChI is InChI=1S/C15H17N3O5S/c1-15(2)11(14(20)21)18-12(19)10(13(18)24(15,22)23)5-9-4-3-8(6-16)7-17-9/h3-5,7,11,13H,6,16H2,1-2H3,(H,20,21)/t11-,13+/m0/s1. The molecule has 0 aromatic carbocycles. The zero-order valence-electron chi connectivity index (χ0n) is 13.1. The van der Waals surface area contributed by atoms with Gasteiger partial charge in [0, 0.05) is 12.7 Å². The molecule has 3 N–H and O–H groups in total. The molecule has 24 heavy (non-hydrogen) atoms. The number of carbonyl (C=O) groups is 2. The fourth-order valence-corrected chi connectivity index (χ4v) is 5.26. The van der Waals surface area contributed by atoms with Gasteiger partial charge < -0.3 is 15.7 Å². The number of pyridine rings is 1. The number of nitrogens with zero attached hydrogens (tertiary/aromatic N) is 2. The predicted molar refractivity (Wildman–Crippen MR) is 85.2 cm³/mol. The van der Waals surface area contributed by atoms with E-state index in [1.807, 2.05) is 0 Å². The quantitative estimate of drug-likeness (QED) is 0.567. The minimum absolute atomic E-state index is 0.0415. The number of carboxylic acids is 1. The first-order valence-corrected chi connectivity index (χ1v) is 8.83. The van der Waals surface area contributed by atoms with Crippen molar-refractivity contribution in [2.45, 2.75) is 36.6 Å². The van der Waals surface area contributed by atoms with Gasteiger partial charge in [-0.25, -0.2) is 13.2 Å². The van der Waals surface area contributed by atoms with Crippen molar-refractivity contribution in [2.24, 2.45) is 5.73 Å². The number of aliphatic carboxylic acids is 1. The highest BCUT2D eigenvalue weighted by molar-refractivity contribution is 7.94.